The zero-order valence-corrected chi connectivity index (χ0v) is 15.6. The van der Waals surface area contributed by atoms with Crippen LogP contribution in [0.4, 0.5) is 10.1 Å². The van der Waals surface area contributed by atoms with Gasteiger partial charge in [0, 0.05) is 23.4 Å². The third kappa shape index (κ3) is 5.30. The van der Waals surface area contributed by atoms with Crippen molar-refractivity contribution in [1.29, 1.82) is 0 Å². The molecule has 0 bridgehead atoms. The van der Waals surface area contributed by atoms with Crippen LogP contribution in [0.15, 0.2) is 48.5 Å². The number of benzene rings is 2. The Labute approximate surface area is 163 Å². The van der Waals surface area contributed by atoms with Crippen LogP contribution in [0.5, 0.6) is 0 Å². The van der Waals surface area contributed by atoms with Crippen molar-refractivity contribution in [1.82, 2.24) is 5.32 Å². The standard InChI is InChI=1S/C21H22ClFN2O2/c22-17-11-5-14(6-12-17)13-24-20(26)15-7-9-16(10-8-15)21(27)25-19-4-2-1-3-18(19)23/h1-6,11-12,15-16H,7-10,13H2,(H,24,26)(H,25,27). The molecule has 2 N–H and O–H groups in total. The van der Waals surface area contributed by atoms with Gasteiger partial charge in [0.1, 0.15) is 5.82 Å². The second-order valence-electron chi connectivity index (χ2n) is 6.86. The monoisotopic (exact) mass is 388 g/mol. The van der Waals surface area contributed by atoms with Crippen LogP contribution in [-0.4, -0.2) is 11.8 Å². The fourth-order valence-corrected chi connectivity index (χ4v) is 3.48. The highest BCUT2D eigenvalue weighted by Gasteiger charge is 2.30. The first-order chi connectivity index (χ1) is 13.0. The van der Waals surface area contributed by atoms with Crippen molar-refractivity contribution in [2.45, 2.75) is 32.2 Å². The Kier molecular flexibility index (Phi) is 6.45. The summed E-state index contributed by atoms with van der Waals surface area (Å²) in [7, 11) is 0. The Morgan fingerprint density at radius 1 is 0.926 bits per heavy atom. The van der Waals surface area contributed by atoms with E-state index in [2.05, 4.69) is 10.6 Å². The molecule has 3 rings (SSSR count). The van der Waals surface area contributed by atoms with Gasteiger partial charge in [-0.15, -0.1) is 0 Å². The largest absolute Gasteiger partial charge is 0.352 e. The third-order valence-corrected chi connectivity index (χ3v) is 5.23. The number of nitrogens with one attached hydrogen (secondary N) is 2. The molecule has 0 spiro atoms. The maximum atomic E-state index is 13.7. The van der Waals surface area contributed by atoms with Crippen molar-refractivity contribution in [3.8, 4) is 0 Å². The van der Waals surface area contributed by atoms with Crippen LogP contribution in [-0.2, 0) is 16.1 Å². The highest BCUT2D eigenvalue weighted by molar-refractivity contribution is 6.30. The SMILES string of the molecule is O=C(NCc1ccc(Cl)cc1)C1CCC(C(=O)Nc2ccccc2F)CC1. The predicted octanol–water partition coefficient (Wildman–Crippen LogP) is 4.54. The zero-order valence-electron chi connectivity index (χ0n) is 14.9. The lowest BCUT2D eigenvalue weighted by atomic mass is 9.81. The molecular formula is C21H22ClFN2O2. The number of carbonyl (C=O) groups is 2. The number of halogens is 2. The van der Waals surface area contributed by atoms with Crippen molar-refractivity contribution >= 4 is 29.1 Å². The quantitative estimate of drug-likeness (QED) is 0.790. The second-order valence-corrected chi connectivity index (χ2v) is 7.30. The van der Waals surface area contributed by atoms with Crippen LogP contribution >= 0.6 is 11.6 Å². The van der Waals surface area contributed by atoms with E-state index in [4.69, 9.17) is 11.6 Å². The molecule has 0 atom stereocenters. The molecule has 0 radical (unpaired) electrons. The molecule has 2 aromatic carbocycles. The molecule has 142 valence electrons. The predicted molar refractivity (Wildman–Crippen MR) is 104 cm³/mol. The van der Waals surface area contributed by atoms with E-state index in [0.29, 0.717) is 37.3 Å². The minimum absolute atomic E-state index is 0.0120. The molecular weight excluding hydrogens is 367 g/mol. The Bertz CT molecular complexity index is 802. The molecule has 0 heterocycles. The van der Waals surface area contributed by atoms with Crippen molar-refractivity contribution in [2.24, 2.45) is 11.8 Å². The van der Waals surface area contributed by atoms with Gasteiger partial charge in [-0.1, -0.05) is 35.9 Å². The zero-order chi connectivity index (χ0) is 19.2. The van der Waals surface area contributed by atoms with Crippen molar-refractivity contribution in [2.75, 3.05) is 5.32 Å². The number of carbonyl (C=O) groups excluding carboxylic acids is 2. The molecule has 1 aliphatic rings. The summed E-state index contributed by atoms with van der Waals surface area (Å²) in [5.74, 6) is -0.890. The first-order valence-electron chi connectivity index (χ1n) is 9.10. The molecule has 1 aliphatic carbocycles. The lowest BCUT2D eigenvalue weighted by Crippen LogP contribution is -2.35. The summed E-state index contributed by atoms with van der Waals surface area (Å²) in [6.07, 6.45) is 2.56. The molecule has 0 saturated heterocycles. The number of para-hydroxylation sites is 1. The molecule has 1 saturated carbocycles. The molecule has 27 heavy (non-hydrogen) atoms. The van der Waals surface area contributed by atoms with Gasteiger partial charge in [-0.05, 0) is 55.5 Å². The molecule has 2 amide bonds. The molecule has 2 aromatic rings. The minimum atomic E-state index is -0.443. The van der Waals surface area contributed by atoms with Gasteiger partial charge in [0.25, 0.3) is 0 Å². The van der Waals surface area contributed by atoms with E-state index in [1.165, 1.54) is 6.07 Å². The van der Waals surface area contributed by atoms with Gasteiger partial charge >= 0.3 is 0 Å². The van der Waals surface area contributed by atoms with E-state index in [0.717, 1.165) is 5.56 Å². The summed E-state index contributed by atoms with van der Waals surface area (Å²) in [4.78, 5) is 24.7. The van der Waals surface area contributed by atoms with Crippen LogP contribution < -0.4 is 10.6 Å². The van der Waals surface area contributed by atoms with E-state index in [9.17, 15) is 14.0 Å². The summed E-state index contributed by atoms with van der Waals surface area (Å²) in [5.41, 5.74) is 1.19. The van der Waals surface area contributed by atoms with Crippen LogP contribution in [0.1, 0.15) is 31.2 Å². The van der Waals surface area contributed by atoms with E-state index in [1.807, 2.05) is 12.1 Å². The number of amides is 2. The topological polar surface area (TPSA) is 58.2 Å². The average molecular weight is 389 g/mol. The van der Waals surface area contributed by atoms with E-state index in [1.54, 1.807) is 30.3 Å². The Morgan fingerprint density at radius 2 is 1.52 bits per heavy atom. The van der Waals surface area contributed by atoms with Crippen LogP contribution in [0.25, 0.3) is 0 Å². The molecule has 6 heteroatoms. The fraction of sp³-hybridized carbons (Fsp3) is 0.333. The van der Waals surface area contributed by atoms with Gasteiger partial charge in [0.05, 0.1) is 5.69 Å². The van der Waals surface area contributed by atoms with Gasteiger partial charge in [-0.25, -0.2) is 4.39 Å². The van der Waals surface area contributed by atoms with Crippen molar-refractivity contribution in [3.05, 3.63) is 64.9 Å². The minimum Gasteiger partial charge on any atom is -0.352 e. The normalized spacial score (nSPS) is 19.3. The molecule has 4 nitrogen and oxygen atoms in total. The summed E-state index contributed by atoms with van der Waals surface area (Å²) < 4.78 is 13.7. The number of anilines is 1. The van der Waals surface area contributed by atoms with Crippen LogP contribution in [0.2, 0.25) is 5.02 Å². The summed E-state index contributed by atoms with van der Waals surface area (Å²) in [6, 6.07) is 13.5. The van der Waals surface area contributed by atoms with E-state index >= 15 is 0 Å². The third-order valence-electron chi connectivity index (χ3n) is 4.98. The van der Waals surface area contributed by atoms with Crippen molar-refractivity contribution in [3.63, 3.8) is 0 Å². The summed E-state index contributed by atoms with van der Waals surface area (Å²) >= 11 is 5.85. The molecule has 0 aliphatic heterocycles. The lowest BCUT2D eigenvalue weighted by molar-refractivity contribution is -0.128. The molecule has 0 aromatic heterocycles. The highest BCUT2D eigenvalue weighted by atomic mass is 35.5. The van der Waals surface area contributed by atoms with Gasteiger partial charge in [-0.3, -0.25) is 9.59 Å². The first kappa shape index (κ1) is 19.4. The fourth-order valence-electron chi connectivity index (χ4n) is 3.35. The van der Waals surface area contributed by atoms with E-state index < -0.39 is 5.82 Å². The number of hydrogen-bond acceptors (Lipinski definition) is 2. The maximum absolute atomic E-state index is 13.7. The smallest absolute Gasteiger partial charge is 0.227 e. The summed E-state index contributed by atoms with van der Waals surface area (Å²) in [5, 5.41) is 6.26. The lowest BCUT2D eigenvalue weighted by Gasteiger charge is -2.27. The number of rotatable bonds is 5. The van der Waals surface area contributed by atoms with Crippen molar-refractivity contribution < 1.29 is 14.0 Å². The highest BCUT2D eigenvalue weighted by Crippen LogP contribution is 2.30. The second kappa shape index (κ2) is 9.00. The Morgan fingerprint density at radius 3 is 2.15 bits per heavy atom. The molecule has 1 fully saturated rings. The average Bonchev–Trinajstić information content (AvgIpc) is 2.69. The maximum Gasteiger partial charge on any atom is 0.227 e. The number of hydrogen-bond donors (Lipinski definition) is 2. The van der Waals surface area contributed by atoms with Crippen LogP contribution in [0, 0.1) is 17.7 Å². The Hall–Kier alpha value is -2.40. The Balaban J connectivity index is 1.45. The van der Waals surface area contributed by atoms with E-state index in [-0.39, 0.29) is 29.3 Å². The van der Waals surface area contributed by atoms with Crippen LogP contribution in [0.3, 0.4) is 0 Å². The van der Waals surface area contributed by atoms with Gasteiger partial charge in [0.2, 0.25) is 11.8 Å². The van der Waals surface area contributed by atoms with Gasteiger partial charge in [-0.2, -0.15) is 0 Å². The first-order valence-corrected chi connectivity index (χ1v) is 9.48. The summed E-state index contributed by atoms with van der Waals surface area (Å²) in [6.45, 7) is 0.462. The van der Waals surface area contributed by atoms with Gasteiger partial charge in [0.15, 0.2) is 0 Å². The van der Waals surface area contributed by atoms with Gasteiger partial charge < -0.3 is 10.6 Å². The molecule has 0 unspecified atom stereocenters.